The van der Waals surface area contributed by atoms with E-state index < -0.39 is 11.7 Å². The van der Waals surface area contributed by atoms with Crippen LogP contribution < -0.4 is 11.1 Å². The van der Waals surface area contributed by atoms with Gasteiger partial charge in [0.2, 0.25) is 0 Å². The van der Waals surface area contributed by atoms with E-state index in [4.69, 9.17) is 5.73 Å². The van der Waals surface area contributed by atoms with E-state index in [1.165, 1.54) is 12.1 Å². The van der Waals surface area contributed by atoms with Crippen molar-refractivity contribution in [1.29, 1.82) is 0 Å². The number of alkyl halides is 3. The van der Waals surface area contributed by atoms with Crippen molar-refractivity contribution in [2.45, 2.75) is 43.9 Å². The zero-order chi connectivity index (χ0) is 18.7. The maximum absolute atomic E-state index is 13.3. The van der Waals surface area contributed by atoms with Crippen molar-refractivity contribution in [3.05, 3.63) is 70.8 Å². The third-order valence-corrected chi connectivity index (χ3v) is 4.95. The average Bonchev–Trinajstić information content (AvgIpc) is 3.09. The van der Waals surface area contributed by atoms with Gasteiger partial charge in [-0.25, -0.2) is 0 Å². The minimum absolute atomic E-state index is 0.265. The summed E-state index contributed by atoms with van der Waals surface area (Å²) >= 11 is 0. The lowest BCUT2D eigenvalue weighted by Crippen LogP contribution is -2.37. The van der Waals surface area contributed by atoms with Gasteiger partial charge in [0.15, 0.2) is 0 Å². The number of hydrogen-bond donors (Lipinski definition) is 2. The highest BCUT2D eigenvalue weighted by Gasteiger charge is 2.38. The molecule has 26 heavy (non-hydrogen) atoms. The van der Waals surface area contributed by atoms with Crippen LogP contribution >= 0.6 is 0 Å². The molecule has 2 aromatic rings. The zero-order valence-corrected chi connectivity index (χ0v) is 14.2. The highest BCUT2D eigenvalue weighted by Crippen LogP contribution is 2.41. The van der Waals surface area contributed by atoms with Gasteiger partial charge in [-0.3, -0.25) is 4.79 Å². The Morgan fingerprint density at radius 1 is 1.08 bits per heavy atom. The number of hydrogen-bond acceptors (Lipinski definition) is 2. The number of benzene rings is 2. The zero-order valence-electron chi connectivity index (χ0n) is 14.2. The molecule has 1 saturated carbocycles. The summed E-state index contributed by atoms with van der Waals surface area (Å²) in [5.74, 6) is -0.602. The Kier molecular flexibility index (Phi) is 5.32. The second kappa shape index (κ2) is 7.50. The molecule has 0 aliphatic heterocycles. The first kappa shape index (κ1) is 18.5. The fraction of sp³-hybridized carbons (Fsp3) is 0.350. The highest BCUT2D eigenvalue weighted by atomic mass is 19.4. The molecule has 1 amide bonds. The monoisotopic (exact) mass is 362 g/mol. The third-order valence-electron chi connectivity index (χ3n) is 4.95. The van der Waals surface area contributed by atoms with Crippen molar-refractivity contribution in [3.63, 3.8) is 0 Å². The SMILES string of the molecule is NCc1ccc(C(=O)NC2CCCC2c2ccccc2C(F)(F)F)cc1. The molecule has 0 aromatic heterocycles. The number of nitrogens with one attached hydrogen (secondary N) is 1. The minimum Gasteiger partial charge on any atom is -0.349 e. The van der Waals surface area contributed by atoms with Crippen molar-refractivity contribution in [2.75, 3.05) is 0 Å². The number of carbonyl (C=O) groups is 1. The van der Waals surface area contributed by atoms with E-state index in [-0.39, 0.29) is 23.4 Å². The second-order valence-corrected chi connectivity index (χ2v) is 6.60. The van der Waals surface area contributed by atoms with Gasteiger partial charge in [-0.15, -0.1) is 0 Å². The molecule has 0 heterocycles. The van der Waals surface area contributed by atoms with Crippen molar-refractivity contribution < 1.29 is 18.0 Å². The van der Waals surface area contributed by atoms with Crippen LogP contribution in [0.25, 0.3) is 0 Å². The fourth-order valence-electron chi connectivity index (χ4n) is 3.63. The predicted molar refractivity (Wildman–Crippen MR) is 93.6 cm³/mol. The molecule has 3 N–H and O–H groups in total. The molecule has 0 saturated heterocycles. The molecule has 1 aliphatic carbocycles. The van der Waals surface area contributed by atoms with Gasteiger partial charge in [0, 0.05) is 24.1 Å². The number of carbonyl (C=O) groups excluding carboxylic acids is 1. The maximum atomic E-state index is 13.3. The van der Waals surface area contributed by atoms with Crippen molar-refractivity contribution in [2.24, 2.45) is 5.73 Å². The summed E-state index contributed by atoms with van der Waals surface area (Å²) in [6.07, 6.45) is -2.31. The molecule has 0 spiro atoms. The third kappa shape index (κ3) is 3.90. The Bertz CT molecular complexity index is 771. The molecule has 1 aliphatic rings. The van der Waals surface area contributed by atoms with E-state index >= 15 is 0 Å². The van der Waals surface area contributed by atoms with Crippen LogP contribution in [0.5, 0.6) is 0 Å². The van der Waals surface area contributed by atoms with Crippen LogP contribution in [0.15, 0.2) is 48.5 Å². The lowest BCUT2D eigenvalue weighted by molar-refractivity contribution is -0.138. The molecule has 2 aromatic carbocycles. The minimum atomic E-state index is -4.40. The van der Waals surface area contributed by atoms with E-state index in [0.717, 1.165) is 18.1 Å². The van der Waals surface area contributed by atoms with Gasteiger partial charge in [0.05, 0.1) is 5.56 Å². The molecule has 0 radical (unpaired) electrons. The van der Waals surface area contributed by atoms with Crippen LogP contribution in [-0.4, -0.2) is 11.9 Å². The normalized spacial score (nSPS) is 20.2. The smallest absolute Gasteiger partial charge is 0.349 e. The predicted octanol–water partition coefficient (Wildman–Crippen LogP) is 4.23. The van der Waals surface area contributed by atoms with Crippen LogP contribution in [0.2, 0.25) is 0 Å². The number of amides is 1. The van der Waals surface area contributed by atoms with Crippen LogP contribution in [-0.2, 0) is 12.7 Å². The van der Waals surface area contributed by atoms with Gasteiger partial charge in [0.25, 0.3) is 5.91 Å². The van der Waals surface area contributed by atoms with Gasteiger partial charge < -0.3 is 11.1 Å². The van der Waals surface area contributed by atoms with E-state index in [2.05, 4.69) is 5.32 Å². The molecule has 138 valence electrons. The molecule has 6 heteroatoms. The molecule has 2 unspecified atom stereocenters. The maximum Gasteiger partial charge on any atom is 0.416 e. The van der Waals surface area contributed by atoms with Gasteiger partial charge in [-0.05, 0) is 42.2 Å². The quantitative estimate of drug-likeness (QED) is 0.855. The van der Waals surface area contributed by atoms with Crippen LogP contribution in [0.1, 0.15) is 52.2 Å². The van der Waals surface area contributed by atoms with Crippen LogP contribution in [0, 0.1) is 0 Å². The molecule has 3 nitrogen and oxygen atoms in total. The van der Waals surface area contributed by atoms with Gasteiger partial charge in [-0.2, -0.15) is 13.2 Å². The first-order chi connectivity index (χ1) is 12.4. The van der Waals surface area contributed by atoms with E-state index in [1.54, 1.807) is 30.3 Å². The Morgan fingerprint density at radius 2 is 1.77 bits per heavy atom. The van der Waals surface area contributed by atoms with E-state index in [0.29, 0.717) is 24.9 Å². The number of rotatable bonds is 4. The van der Waals surface area contributed by atoms with Crippen molar-refractivity contribution >= 4 is 5.91 Å². The Balaban J connectivity index is 1.80. The first-order valence-electron chi connectivity index (χ1n) is 8.66. The summed E-state index contributed by atoms with van der Waals surface area (Å²) in [5.41, 5.74) is 6.60. The van der Waals surface area contributed by atoms with Gasteiger partial charge in [-0.1, -0.05) is 36.8 Å². The Labute approximate surface area is 150 Å². The summed E-state index contributed by atoms with van der Waals surface area (Å²) in [5, 5.41) is 2.92. The lowest BCUT2D eigenvalue weighted by Gasteiger charge is -2.24. The summed E-state index contributed by atoms with van der Waals surface area (Å²) in [7, 11) is 0. The Hall–Kier alpha value is -2.34. The average molecular weight is 362 g/mol. The fourth-order valence-corrected chi connectivity index (χ4v) is 3.63. The van der Waals surface area contributed by atoms with Gasteiger partial charge in [0.1, 0.15) is 0 Å². The molecule has 0 bridgehead atoms. The number of halogens is 3. The highest BCUT2D eigenvalue weighted by molar-refractivity contribution is 5.94. The number of nitrogens with two attached hydrogens (primary N) is 1. The molecule has 2 atom stereocenters. The van der Waals surface area contributed by atoms with Crippen molar-refractivity contribution in [1.82, 2.24) is 5.32 Å². The summed E-state index contributed by atoms with van der Waals surface area (Å²) in [4.78, 5) is 12.5. The Morgan fingerprint density at radius 3 is 2.42 bits per heavy atom. The van der Waals surface area contributed by atoms with Crippen molar-refractivity contribution in [3.8, 4) is 0 Å². The summed E-state index contributed by atoms with van der Waals surface area (Å²) in [6.45, 7) is 0.390. The van der Waals surface area contributed by atoms with E-state index in [9.17, 15) is 18.0 Å². The molecule has 1 fully saturated rings. The molecule has 3 rings (SSSR count). The van der Waals surface area contributed by atoms with E-state index in [1.807, 2.05) is 0 Å². The molecular formula is C20H21F3N2O. The van der Waals surface area contributed by atoms with Crippen LogP contribution in [0.4, 0.5) is 13.2 Å². The van der Waals surface area contributed by atoms with Gasteiger partial charge >= 0.3 is 6.18 Å². The standard InChI is InChI=1S/C20H21F3N2O/c21-20(22,23)17-6-2-1-4-15(17)16-5-3-7-18(16)25-19(26)14-10-8-13(12-24)9-11-14/h1-2,4,6,8-11,16,18H,3,5,7,12,24H2,(H,25,26). The first-order valence-corrected chi connectivity index (χ1v) is 8.66. The topological polar surface area (TPSA) is 55.1 Å². The largest absolute Gasteiger partial charge is 0.416 e. The second-order valence-electron chi connectivity index (χ2n) is 6.60. The van der Waals surface area contributed by atoms with Crippen LogP contribution in [0.3, 0.4) is 0 Å². The lowest BCUT2D eigenvalue weighted by atomic mass is 9.89. The summed E-state index contributed by atoms with van der Waals surface area (Å²) < 4.78 is 40.0. The summed E-state index contributed by atoms with van der Waals surface area (Å²) in [6, 6.07) is 12.3. The molecular weight excluding hydrogens is 341 g/mol.